The van der Waals surface area contributed by atoms with Crippen molar-refractivity contribution in [2.45, 2.75) is 12.8 Å². The lowest BCUT2D eigenvalue weighted by molar-refractivity contribution is -0.140. The number of ether oxygens (including phenoxy) is 2. The van der Waals surface area contributed by atoms with Gasteiger partial charge in [-0.25, -0.2) is 9.59 Å². The fraction of sp³-hybridized carbons (Fsp3) is 0.238. The number of benzene rings is 1. The summed E-state index contributed by atoms with van der Waals surface area (Å²) in [5.41, 5.74) is 1.30. The Morgan fingerprint density at radius 2 is 2.00 bits per heavy atom. The van der Waals surface area contributed by atoms with Crippen LogP contribution in [0.5, 0.6) is 0 Å². The van der Waals surface area contributed by atoms with Gasteiger partial charge >= 0.3 is 11.7 Å². The summed E-state index contributed by atoms with van der Waals surface area (Å²) in [6.07, 6.45) is 1.69. The number of methoxy groups -OCH3 is 1. The van der Waals surface area contributed by atoms with Crippen LogP contribution in [0.4, 0.5) is 5.82 Å². The van der Waals surface area contributed by atoms with Crippen molar-refractivity contribution < 1.29 is 14.3 Å². The minimum atomic E-state index is -0.735. The first kappa shape index (κ1) is 19.6. The smallest absolute Gasteiger partial charge is 0.336 e. The quantitative estimate of drug-likeness (QED) is 0.433. The molecule has 0 fully saturated rings. The summed E-state index contributed by atoms with van der Waals surface area (Å²) in [5, 5.41) is 3.82. The molecule has 0 amide bonds. The number of rotatable bonds is 5. The highest BCUT2D eigenvalue weighted by atomic mass is 16.6. The maximum atomic E-state index is 12.9. The summed E-state index contributed by atoms with van der Waals surface area (Å²) in [6, 6.07) is 9.24. The van der Waals surface area contributed by atoms with Gasteiger partial charge in [-0.2, -0.15) is 0 Å². The predicted molar refractivity (Wildman–Crippen MR) is 110 cm³/mol. The van der Waals surface area contributed by atoms with E-state index in [0.29, 0.717) is 16.8 Å². The summed E-state index contributed by atoms with van der Waals surface area (Å²) >= 11 is 0. The average molecular weight is 408 g/mol. The van der Waals surface area contributed by atoms with Gasteiger partial charge in [-0.3, -0.25) is 19.7 Å². The molecule has 0 radical (unpaired) electrons. The van der Waals surface area contributed by atoms with Gasteiger partial charge in [0.25, 0.3) is 5.56 Å². The highest BCUT2D eigenvalue weighted by Crippen LogP contribution is 2.39. The zero-order chi connectivity index (χ0) is 21.3. The lowest BCUT2D eigenvalue weighted by atomic mass is 9.82. The second kappa shape index (κ2) is 7.96. The van der Waals surface area contributed by atoms with E-state index in [2.05, 4.69) is 20.3 Å². The van der Waals surface area contributed by atoms with Gasteiger partial charge in [0.1, 0.15) is 12.4 Å². The van der Waals surface area contributed by atoms with E-state index in [1.165, 1.54) is 7.11 Å². The molecular weight excluding hydrogens is 388 g/mol. The van der Waals surface area contributed by atoms with Crippen molar-refractivity contribution in [2.75, 3.05) is 25.6 Å². The highest BCUT2D eigenvalue weighted by molar-refractivity contribution is 5.94. The normalized spacial score (nSPS) is 15.6. The van der Waals surface area contributed by atoms with Crippen molar-refractivity contribution >= 4 is 22.7 Å². The van der Waals surface area contributed by atoms with E-state index in [4.69, 9.17) is 9.47 Å². The molecule has 1 unspecified atom stereocenters. The first-order chi connectivity index (χ1) is 14.5. The number of nitrogens with zero attached hydrogens (tertiary/aromatic N) is 1. The SMILES string of the molecule is COCCOC(=O)C1=C(C)Nc2[nH]c(=O)[nH]c(=O)c2C1c1ccc2ncccc2c1. The van der Waals surface area contributed by atoms with Crippen molar-refractivity contribution in [1.82, 2.24) is 15.0 Å². The largest absolute Gasteiger partial charge is 0.460 e. The molecule has 0 spiro atoms. The van der Waals surface area contributed by atoms with Crippen LogP contribution in [0.2, 0.25) is 0 Å². The number of hydrogen-bond acceptors (Lipinski definition) is 7. The van der Waals surface area contributed by atoms with E-state index in [1.807, 2.05) is 30.3 Å². The molecule has 2 aromatic heterocycles. The van der Waals surface area contributed by atoms with Gasteiger partial charge in [0, 0.05) is 24.4 Å². The van der Waals surface area contributed by atoms with Crippen LogP contribution in [0, 0.1) is 0 Å². The van der Waals surface area contributed by atoms with E-state index in [1.54, 1.807) is 13.1 Å². The van der Waals surface area contributed by atoms with Crippen molar-refractivity contribution in [3.63, 3.8) is 0 Å². The number of nitrogens with one attached hydrogen (secondary N) is 3. The Morgan fingerprint density at radius 3 is 2.80 bits per heavy atom. The van der Waals surface area contributed by atoms with Crippen molar-refractivity contribution in [3.8, 4) is 0 Å². The summed E-state index contributed by atoms with van der Waals surface area (Å²) in [4.78, 5) is 46.7. The maximum absolute atomic E-state index is 12.9. The fourth-order valence-corrected chi connectivity index (χ4v) is 3.66. The van der Waals surface area contributed by atoms with Crippen LogP contribution in [-0.2, 0) is 14.3 Å². The molecule has 0 saturated heterocycles. The third-order valence-electron chi connectivity index (χ3n) is 4.97. The molecule has 3 heterocycles. The molecule has 154 valence electrons. The molecule has 0 saturated carbocycles. The Kier molecular flexibility index (Phi) is 5.20. The molecular formula is C21H20N4O5. The zero-order valence-corrected chi connectivity index (χ0v) is 16.4. The Labute approximate surface area is 170 Å². The van der Waals surface area contributed by atoms with Gasteiger partial charge in [0.2, 0.25) is 0 Å². The molecule has 9 nitrogen and oxygen atoms in total. The lowest BCUT2D eigenvalue weighted by Gasteiger charge is -2.28. The van der Waals surface area contributed by atoms with Crippen LogP contribution in [0.3, 0.4) is 0 Å². The number of carbonyl (C=O) groups is 1. The zero-order valence-electron chi connectivity index (χ0n) is 16.4. The molecule has 0 aliphatic carbocycles. The van der Waals surface area contributed by atoms with Crippen LogP contribution < -0.4 is 16.6 Å². The summed E-state index contributed by atoms with van der Waals surface area (Å²) < 4.78 is 10.3. The Hall–Kier alpha value is -3.72. The molecule has 1 atom stereocenters. The molecule has 1 aliphatic rings. The van der Waals surface area contributed by atoms with Gasteiger partial charge in [-0.1, -0.05) is 12.1 Å². The molecule has 30 heavy (non-hydrogen) atoms. The second-order valence-corrected chi connectivity index (χ2v) is 6.88. The topological polar surface area (TPSA) is 126 Å². The molecule has 1 aromatic carbocycles. The van der Waals surface area contributed by atoms with Gasteiger partial charge in [0.15, 0.2) is 0 Å². The average Bonchev–Trinajstić information content (AvgIpc) is 2.72. The third kappa shape index (κ3) is 3.50. The number of aromatic nitrogens is 3. The number of carbonyl (C=O) groups excluding carboxylic acids is 1. The number of fused-ring (bicyclic) bond motifs is 2. The van der Waals surface area contributed by atoms with Crippen LogP contribution >= 0.6 is 0 Å². The monoisotopic (exact) mass is 408 g/mol. The number of allylic oxidation sites excluding steroid dienone is 1. The Morgan fingerprint density at radius 1 is 1.17 bits per heavy atom. The number of aromatic amines is 2. The minimum Gasteiger partial charge on any atom is -0.460 e. The van der Waals surface area contributed by atoms with E-state index in [-0.39, 0.29) is 24.6 Å². The molecule has 9 heteroatoms. The Bertz CT molecular complexity index is 1270. The predicted octanol–water partition coefficient (Wildman–Crippen LogP) is 1.63. The van der Waals surface area contributed by atoms with Crippen molar-refractivity contribution in [3.05, 3.63) is 79.8 Å². The number of esters is 1. The van der Waals surface area contributed by atoms with E-state index >= 15 is 0 Å². The molecule has 4 rings (SSSR count). The van der Waals surface area contributed by atoms with Crippen LogP contribution in [0.15, 0.2) is 57.4 Å². The second-order valence-electron chi connectivity index (χ2n) is 6.88. The van der Waals surface area contributed by atoms with Crippen LogP contribution in [0.1, 0.15) is 24.0 Å². The van der Waals surface area contributed by atoms with Crippen LogP contribution in [0.25, 0.3) is 10.9 Å². The van der Waals surface area contributed by atoms with Crippen LogP contribution in [-0.4, -0.2) is 41.2 Å². The first-order valence-corrected chi connectivity index (χ1v) is 9.34. The van der Waals surface area contributed by atoms with E-state index in [0.717, 1.165) is 10.9 Å². The number of pyridine rings is 1. The molecule has 0 bridgehead atoms. The van der Waals surface area contributed by atoms with Gasteiger partial charge in [0.05, 0.1) is 29.2 Å². The van der Waals surface area contributed by atoms with Gasteiger partial charge in [-0.05, 0) is 30.7 Å². The first-order valence-electron chi connectivity index (χ1n) is 9.34. The number of hydrogen-bond donors (Lipinski definition) is 3. The third-order valence-corrected chi connectivity index (χ3v) is 4.97. The Balaban J connectivity index is 1.90. The fourth-order valence-electron chi connectivity index (χ4n) is 3.66. The summed E-state index contributed by atoms with van der Waals surface area (Å²) in [5.74, 6) is -1.04. The maximum Gasteiger partial charge on any atom is 0.336 e. The summed E-state index contributed by atoms with van der Waals surface area (Å²) in [7, 11) is 1.51. The standard InChI is InChI=1S/C21H20N4O5/c1-11-15(20(27)30-9-8-29-2)16(17-18(23-11)24-21(28)25-19(17)26)13-5-6-14-12(10-13)4-3-7-22-14/h3-7,10,16H,8-9H2,1-2H3,(H3,23,24,25,26,28). The van der Waals surface area contributed by atoms with E-state index < -0.39 is 23.1 Å². The summed E-state index contributed by atoms with van der Waals surface area (Å²) in [6.45, 7) is 2.03. The van der Waals surface area contributed by atoms with E-state index in [9.17, 15) is 14.4 Å². The number of H-pyrrole nitrogens is 2. The van der Waals surface area contributed by atoms with Gasteiger partial charge in [-0.15, -0.1) is 0 Å². The molecule has 3 aromatic rings. The van der Waals surface area contributed by atoms with Gasteiger partial charge < -0.3 is 14.8 Å². The van der Waals surface area contributed by atoms with Crippen molar-refractivity contribution in [1.29, 1.82) is 0 Å². The highest BCUT2D eigenvalue weighted by Gasteiger charge is 2.36. The lowest BCUT2D eigenvalue weighted by Crippen LogP contribution is -2.35. The van der Waals surface area contributed by atoms with Crippen molar-refractivity contribution in [2.24, 2.45) is 0 Å². The minimum absolute atomic E-state index is 0.0787. The number of anilines is 1. The molecule has 1 aliphatic heterocycles. The molecule has 3 N–H and O–H groups in total.